The summed E-state index contributed by atoms with van der Waals surface area (Å²) in [5, 5.41) is 11.0. The molecule has 1 unspecified atom stereocenters. The number of rotatable bonds is 3. The third-order valence-electron chi connectivity index (χ3n) is 4.82. The van der Waals surface area contributed by atoms with E-state index in [4.69, 9.17) is 14.0 Å². The average molecular weight is 367 g/mol. The predicted octanol–water partition coefficient (Wildman–Crippen LogP) is 2.47. The SMILES string of the molecule is Cc1noc(C2CCCN2C(=O)c2cc(-c3ccc4c(c3)OCO4)n[nH]2)n1. The molecule has 2 aliphatic rings. The number of likely N-dealkylation sites (tertiary alicyclic amines) is 1. The van der Waals surface area contributed by atoms with E-state index < -0.39 is 0 Å². The van der Waals surface area contributed by atoms with Crippen LogP contribution in [0, 0.1) is 6.92 Å². The van der Waals surface area contributed by atoms with Crippen molar-refractivity contribution < 1.29 is 18.8 Å². The molecule has 1 atom stereocenters. The number of aromatic nitrogens is 4. The molecule has 1 fully saturated rings. The Kier molecular flexibility index (Phi) is 3.59. The van der Waals surface area contributed by atoms with Crippen molar-refractivity contribution in [3.63, 3.8) is 0 Å². The van der Waals surface area contributed by atoms with Gasteiger partial charge in [0.25, 0.3) is 5.91 Å². The maximum atomic E-state index is 13.0. The van der Waals surface area contributed by atoms with Crippen molar-refractivity contribution in [2.45, 2.75) is 25.8 Å². The highest BCUT2D eigenvalue weighted by Gasteiger charge is 2.35. The van der Waals surface area contributed by atoms with E-state index >= 15 is 0 Å². The summed E-state index contributed by atoms with van der Waals surface area (Å²) in [7, 11) is 0. The zero-order valence-corrected chi connectivity index (χ0v) is 14.6. The van der Waals surface area contributed by atoms with Crippen molar-refractivity contribution in [1.82, 2.24) is 25.2 Å². The van der Waals surface area contributed by atoms with Crippen molar-refractivity contribution >= 4 is 5.91 Å². The van der Waals surface area contributed by atoms with Gasteiger partial charge < -0.3 is 18.9 Å². The van der Waals surface area contributed by atoms with Gasteiger partial charge in [0, 0.05) is 12.1 Å². The zero-order valence-electron chi connectivity index (χ0n) is 14.6. The van der Waals surface area contributed by atoms with Crippen LogP contribution in [0.25, 0.3) is 11.3 Å². The van der Waals surface area contributed by atoms with Gasteiger partial charge in [-0.3, -0.25) is 9.89 Å². The van der Waals surface area contributed by atoms with E-state index in [2.05, 4.69) is 20.3 Å². The summed E-state index contributed by atoms with van der Waals surface area (Å²) < 4.78 is 16.0. The topological polar surface area (TPSA) is 106 Å². The van der Waals surface area contributed by atoms with E-state index in [1.807, 2.05) is 18.2 Å². The maximum absolute atomic E-state index is 13.0. The number of carbonyl (C=O) groups is 1. The Morgan fingerprint density at radius 1 is 1.26 bits per heavy atom. The smallest absolute Gasteiger partial charge is 0.272 e. The van der Waals surface area contributed by atoms with Crippen LogP contribution in [0.4, 0.5) is 0 Å². The monoisotopic (exact) mass is 367 g/mol. The number of carbonyl (C=O) groups excluding carboxylic acids is 1. The molecular weight excluding hydrogens is 350 g/mol. The number of aryl methyl sites for hydroxylation is 1. The van der Waals surface area contributed by atoms with Crippen LogP contribution in [-0.4, -0.2) is 44.5 Å². The summed E-state index contributed by atoms with van der Waals surface area (Å²) in [4.78, 5) is 19.0. The minimum atomic E-state index is -0.198. The first-order chi connectivity index (χ1) is 13.2. The Morgan fingerprint density at radius 2 is 2.15 bits per heavy atom. The number of hydrogen-bond donors (Lipinski definition) is 1. The molecule has 27 heavy (non-hydrogen) atoms. The van der Waals surface area contributed by atoms with Gasteiger partial charge in [0.05, 0.1) is 5.69 Å². The zero-order chi connectivity index (χ0) is 18.4. The van der Waals surface area contributed by atoms with E-state index in [0.717, 1.165) is 18.4 Å². The summed E-state index contributed by atoms with van der Waals surface area (Å²) >= 11 is 0. The lowest BCUT2D eigenvalue weighted by Gasteiger charge is -2.20. The number of nitrogens with zero attached hydrogens (tertiary/aromatic N) is 4. The Balaban J connectivity index is 1.40. The molecule has 138 valence electrons. The average Bonchev–Trinajstić information content (AvgIpc) is 3.45. The van der Waals surface area contributed by atoms with Crippen LogP contribution in [0.2, 0.25) is 0 Å². The van der Waals surface area contributed by atoms with Crippen molar-refractivity contribution in [2.75, 3.05) is 13.3 Å². The molecule has 1 saturated heterocycles. The van der Waals surface area contributed by atoms with Gasteiger partial charge in [0.15, 0.2) is 17.3 Å². The lowest BCUT2D eigenvalue weighted by Crippen LogP contribution is -2.31. The largest absolute Gasteiger partial charge is 0.454 e. The molecule has 5 rings (SSSR count). The van der Waals surface area contributed by atoms with Crippen LogP contribution >= 0.6 is 0 Å². The molecule has 0 bridgehead atoms. The van der Waals surface area contributed by atoms with Crippen LogP contribution in [0.5, 0.6) is 11.5 Å². The highest BCUT2D eigenvalue weighted by atomic mass is 16.7. The van der Waals surface area contributed by atoms with E-state index in [1.165, 1.54) is 0 Å². The molecule has 9 heteroatoms. The molecule has 3 aromatic rings. The van der Waals surface area contributed by atoms with Gasteiger partial charge in [0.2, 0.25) is 12.7 Å². The number of fused-ring (bicyclic) bond motifs is 1. The van der Waals surface area contributed by atoms with Crippen LogP contribution < -0.4 is 9.47 Å². The molecule has 0 spiro atoms. The van der Waals surface area contributed by atoms with Gasteiger partial charge in [0.1, 0.15) is 11.7 Å². The maximum Gasteiger partial charge on any atom is 0.272 e. The lowest BCUT2D eigenvalue weighted by atomic mass is 10.1. The number of nitrogens with one attached hydrogen (secondary N) is 1. The highest BCUT2D eigenvalue weighted by molar-refractivity contribution is 5.93. The number of benzene rings is 1. The lowest BCUT2D eigenvalue weighted by molar-refractivity contribution is 0.0704. The van der Waals surface area contributed by atoms with Crippen molar-refractivity contribution in [3.05, 3.63) is 41.7 Å². The molecule has 1 N–H and O–H groups in total. The van der Waals surface area contributed by atoms with Crippen LogP contribution in [0.1, 0.15) is 41.1 Å². The first-order valence-corrected chi connectivity index (χ1v) is 8.75. The normalized spacial score (nSPS) is 18.3. The second-order valence-electron chi connectivity index (χ2n) is 6.57. The fourth-order valence-corrected chi connectivity index (χ4v) is 3.50. The van der Waals surface area contributed by atoms with Gasteiger partial charge in [-0.1, -0.05) is 5.16 Å². The summed E-state index contributed by atoms with van der Waals surface area (Å²) in [5.41, 5.74) is 1.94. The van der Waals surface area contributed by atoms with Crippen LogP contribution in [-0.2, 0) is 0 Å². The Bertz CT molecular complexity index is 1010. The van der Waals surface area contributed by atoms with Gasteiger partial charge in [-0.25, -0.2) is 0 Å². The Morgan fingerprint density at radius 3 is 3.00 bits per heavy atom. The third kappa shape index (κ3) is 2.71. The second-order valence-corrected chi connectivity index (χ2v) is 6.57. The van der Waals surface area contributed by atoms with Crippen molar-refractivity contribution in [1.29, 1.82) is 0 Å². The Labute approximate surface area is 154 Å². The molecule has 9 nitrogen and oxygen atoms in total. The van der Waals surface area contributed by atoms with Crippen molar-refractivity contribution in [2.24, 2.45) is 0 Å². The minimum Gasteiger partial charge on any atom is -0.454 e. The second kappa shape index (κ2) is 6.11. The van der Waals surface area contributed by atoms with E-state index in [0.29, 0.717) is 41.1 Å². The fraction of sp³-hybridized carbons (Fsp3) is 0.333. The van der Waals surface area contributed by atoms with Gasteiger partial charge in [-0.15, -0.1) is 0 Å². The molecule has 1 amide bonds. The van der Waals surface area contributed by atoms with Gasteiger partial charge >= 0.3 is 0 Å². The van der Waals surface area contributed by atoms with Gasteiger partial charge in [-0.05, 0) is 44.0 Å². The fourth-order valence-electron chi connectivity index (χ4n) is 3.50. The van der Waals surface area contributed by atoms with E-state index in [1.54, 1.807) is 17.9 Å². The van der Waals surface area contributed by atoms with Crippen LogP contribution in [0.3, 0.4) is 0 Å². The van der Waals surface area contributed by atoms with Crippen molar-refractivity contribution in [3.8, 4) is 22.8 Å². The quantitative estimate of drug-likeness (QED) is 0.758. The molecule has 0 aliphatic carbocycles. The first-order valence-electron chi connectivity index (χ1n) is 8.75. The molecule has 1 aromatic carbocycles. The summed E-state index contributed by atoms with van der Waals surface area (Å²) in [6, 6.07) is 7.12. The number of hydrogen-bond acceptors (Lipinski definition) is 7. The molecule has 2 aliphatic heterocycles. The van der Waals surface area contributed by atoms with E-state index in [9.17, 15) is 4.79 Å². The number of H-pyrrole nitrogens is 1. The first kappa shape index (κ1) is 15.9. The summed E-state index contributed by atoms with van der Waals surface area (Å²) in [6.07, 6.45) is 1.69. The molecular formula is C18H17N5O4. The standard InChI is InChI=1S/C18H17N5O4/c1-10-19-17(27-22-10)14-3-2-6-23(14)18(24)13-8-12(20-21-13)11-4-5-15-16(7-11)26-9-25-15/h4-5,7-8,14H,2-3,6,9H2,1H3,(H,20,21). The van der Waals surface area contributed by atoms with Gasteiger partial charge in [-0.2, -0.15) is 10.1 Å². The molecule has 2 aromatic heterocycles. The number of amides is 1. The van der Waals surface area contributed by atoms with Crippen LogP contribution in [0.15, 0.2) is 28.8 Å². The molecule has 0 saturated carbocycles. The third-order valence-corrected chi connectivity index (χ3v) is 4.82. The Hall–Kier alpha value is -3.36. The highest BCUT2D eigenvalue weighted by Crippen LogP contribution is 2.36. The summed E-state index contributed by atoms with van der Waals surface area (Å²) in [5.74, 6) is 2.30. The predicted molar refractivity (Wildman–Crippen MR) is 92.2 cm³/mol. The molecule has 4 heterocycles. The molecule has 0 radical (unpaired) electrons. The van der Waals surface area contributed by atoms with E-state index in [-0.39, 0.29) is 18.7 Å². The summed E-state index contributed by atoms with van der Waals surface area (Å²) in [6.45, 7) is 2.62. The number of ether oxygens (including phenoxy) is 2. The minimum absolute atomic E-state index is 0.132. The number of aromatic amines is 1.